The Bertz CT molecular complexity index is 733. The first-order chi connectivity index (χ1) is 11.9. The average Bonchev–Trinajstić information content (AvgIpc) is 3.14. The second-order valence-corrected chi connectivity index (χ2v) is 5.25. The van der Waals surface area contributed by atoms with E-state index in [0.717, 1.165) is 0 Å². The first kappa shape index (κ1) is 18.7. The van der Waals surface area contributed by atoms with Crippen molar-refractivity contribution in [1.82, 2.24) is 20.4 Å². The highest BCUT2D eigenvalue weighted by molar-refractivity contribution is 5.98. The largest absolute Gasteiger partial charge is 0.394 e. The van der Waals surface area contributed by atoms with Crippen molar-refractivity contribution in [2.24, 2.45) is 5.10 Å². The maximum absolute atomic E-state index is 11.9. The molecule has 0 spiro atoms. The second kappa shape index (κ2) is 8.44. The number of aromatic amines is 1. The Morgan fingerprint density at radius 2 is 2.12 bits per heavy atom. The molecule has 0 aliphatic rings. The van der Waals surface area contributed by atoms with Crippen LogP contribution in [0.5, 0.6) is 0 Å². The number of hydrogen-bond donors (Lipinski definition) is 6. The minimum Gasteiger partial charge on any atom is -0.394 e. The average molecular weight is 349 g/mol. The lowest BCUT2D eigenvalue weighted by molar-refractivity contribution is -0.0788. The van der Waals surface area contributed by atoms with Gasteiger partial charge in [-0.2, -0.15) is 5.10 Å². The van der Waals surface area contributed by atoms with Crippen LogP contribution in [0.3, 0.4) is 0 Å². The van der Waals surface area contributed by atoms with Crippen molar-refractivity contribution < 1.29 is 25.2 Å². The van der Waals surface area contributed by atoms with Crippen LogP contribution in [-0.4, -0.2) is 65.8 Å². The van der Waals surface area contributed by atoms with E-state index in [2.05, 4.69) is 25.5 Å². The number of aromatic nitrogens is 3. The molecule has 10 nitrogen and oxygen atoms in total. The molecule has 10 heteroatoms. The first-order valence-corrected chi connectivity index (χ1v) is 7.39. The second-order valence-electron chi connectivity index (χ2n) is 5.25. The summed E-state index contributed by atoms with van der Waals surface area (Å²) in [5.41, 5.74) is 3.15. The molecular weight excluding hydrogens is 330 g/mol. The van der Waals surface area contributed by atoms with E-state index in [1.165, 1.54) is 12.4 Å². The number of aliphatic hydroxyl groups is 4. The summed E-state index contributed by atoms with van der Waals surface area (Å²) in [5, 5.41) is 41.7. The summed E-state index contributed by atoms with van der Waals surface area (Å²) in [4.78, 5) is 22.4. The SMILES string of the molecule is C/C(=N/NC(=O)c1cccnc1)c1ncc([C@@H](O)[C@H](O)[C@H](O)CO)[nH]1. The summed E-state index contributed by atoms with van der Waals surface area (Å²) >= 11 is 0. The lowest BCUT2D eigenvalue weighted by Gasteiger charge is -2.20. The van der Waals surface area contributed by atoms with Crippen LogP contribution in [0.25, 0.3) is 0 Å². The van der Waals surface area contributed by atoms with Gasteiger partial charge in [-0.3, -0.25) is 9.78 Å². The lowest BCUT2D eigenvalue weighted by atomic mass is 10.1. The van der Waals surface area contributed by atoms with Crippen molar-refractivity contribution in [3.8, 4) is 0 Å². The van der Waals surface area contributed by atoms with Gasteiger partial charge in [0, 0.05) is 12.4 Å². The zero-order valence-electron chi connectivity index (χ0n) is 13.4. The molecule has 134 valence electrons. The van der Waals surface area contributed by atoms with Crippen molar-refractivity contribution >= 4 is 11.6 Å². The predicted molar refractivity (Wildman–Crippen MR) is 86.6 cm³/mol. The van der Waals surface area contributed by atoms with E-state index in [1.54, 1.807) is 25.3 Å². The van der Waals surface area contributed by atoms with Crippen molar-refractivity contribution in [3.63, 3.8) is 0 Å². The van der Waals surface area contributed by atoms with Gasteiger partial charge in [-0.1, -0.05) is 0 Å². The molecule has 0 aromatic carbocycles. The Balaban J connectivity index is 2.04. The van der Waals surface area contributed by atoms with Crippen LogP contribution in [0, 0.1) is 0 Å². The van der Waals surface area contributed by atoms with Gasteiger partial charge >= 0.3 is 0 Å². The summed E-state index contributed by atoms with van der Waals surface area (Å²) in [7, 11) is 0. The van der Waals surface area contributed by atoms with Gasteiger partial charge in [0.2, 0.25) is 0 Å². The molecule has 25 heavy (non-hydrogen) atoms. The van der Waals surface area contributed by atoms with Crippen LogP contribution >= 0.6 is 0 Å². The van der Waals surface area contributed by atoms with Crippen LogP contribution in [0.15, 0.2) is 35.8 Å². The highest BCUT2D eigenvalue weighted by atomic mass is 16.4. The number of nitrogens with one attached hydrogen (secondary N) is 2. The van der Waals surface area contributed by atoms with E-state index in [4.69, 9.17) is 5.11 Å². The number of carbonyl (C=O) groups is 1. The molecular formula is C15H19N5O5. The molecule has 0 saturated carbocycles. The van der Waals surface area contributed by atoms with E-state index in [-0.39, 0.29) is 11.5 Å². The number of nitrogens with zero attached hydrogens (tertiary/aromatic N) is 3. The molecule has 0 saturated heterocycles. The van der Waals surface area contributed by atoms with Gasteiger partial charge in [0.05, 0.1) is 24.1 Å². The molecule has 1 amide bonds. The van der Waals surface area contributed by atoms with Crippen molar-refractivity contribution in [1.29, 1.82) is 0 Å². The third-order valence-corrected chi connectivity index (χ3v) is 3.41. The topological polar surface area (TPSA) is 164 Å². The number of H-pyrrole nitrogens is 1. The minimum atomic E-state index is -1.58. The van der Waals surface area contributed by atoms with E-state index in [0.29, 0.717) is 11.3 Å². The van der Waals surface area contributed by atoms with E-state index in [9.17, 15) is 20.1 Å². The standard InChI is InChI=1S/C15H19N5O5/c1-8(19-20-15(25)9-3-2-4-16-5-9)14-17-6-10(18-14)12(23)13(24)11(22)7-21/h2-6,11-13,21-24H,7H2,1H3,(H,17,18)(H,20,25)/b19-8-/t11-,12-,13-/m1/s1. The Labute approximate surface area is 142 Å². The molecule has 2 heterocycles. The quantitative estimate of drug-likeness (QED) is 0.267. The smallest absolute Gasteiger partial charge is 0.272 e. The fraction of sp³-hybridized carbons (Fsp3) is 0.333. The van der Waals surface area contributed by atoms with Gasteiger partial charge < -0.3 is 25.4 Å². The van der Waals surface area contributed by atoms with Crippen molar-refractivity contribution in [3.05, 3.63) is 47.8 Å². The Morgan fingerprint density at radius 1 is 1.36 bits per heavy atom. The van der Waals surface area contributed by atoms with E-state index in [1.807, 2.05) is 0 Å². The highest BCUT2D eigenvalue weighted by Gasteiger charge is 2.27. The molecule has 0 radical (unpaired) electrons. The zero-order valence-corrected chi connectivity index (χ0v) is 13.4. The molecule has 0 unspecified atom stereocenters. The summed E-state index contributed by atoms with van der Waals surface area (Å²) in [6, 6.07) is 3.21. The third-order valence-electron chi connectivity index (χ3n) is 3.41. The number of imidazole rings is 1. The molecule has 0 aliphatic heterocycles. The normalized spacial score (nSPS) is 15.5. The third kappa shape index (κ3) is 4.67. The maximum atomic E-state index is 11.9. The van der Waals surface area contributed by atoms with Crippen LogP contribution in [-0.2, 0) is 0 Å². The zero-order chi connectivity index (χ0) is 18.4. The molecule has 2 rings (SSSR count). The van der Waals surface area contributed by atoms with E-state index >= 15 is 0 Å². The van der Waals surface area contributed by atoms with Gasteiger partial charge in [-0.25, -0.2) is 10.4 Å². The van der Waals surface area contributed by atoms with E-state index < -0.39 is 30.8 Å². The first-order valence-electron chi connectivity index (χ1n) is 7.39. The Morgan fingerprint density at radius 3 is 2.76 bits per heavy atom. The van der Waals surface area contributed by atoms with Crippen LogP contribution < -0.4 is 5.43 Å². The molecule has 3 atom stereocenters. The lowest BCUT2D eigenvalue weighted by Crippen LogP contribution is -2.34. The van der Waals surface area contributed by atoms with Crippen molar-refractivity contribution in [2.45, 2.75) is 25.2 Å². The Kier molecular flexibility index (Phi) is 6.31. The summed E-state index contributed by atoms with van der Waals surface area (Å²) < 4.78 is 0. The highest BCUT2D eigenvalue weighted by Crippen LogP contribution is 2.17. The van der Waals surface area contributed by atoms with Crippen LogP contribution in [0.4, 0.5) is 0 Å². The van der Waals surface area contributed by atoms with Gasteiger partial charge in [0.25, 0.3) is 5.91 Å². The molecule has 0 bridgehead atoms. The molecule has 0 aliphatic carbocycles. The molecule has 6 N–H and O–H groups in total. The van der Waals surface area contributed by atoms with Gasteiger partial charge in [-0.05, 0) is 19.1 Å². The minimum absolute atomic E-state index is 0.128. The van der Waals surface area contributed by atoms with Gasteiger partial charge in [0.15, 0.2) is 5.82 Å². The summed E-state index contributed by atoms with van der Waals surface area (Å²) in [6.07, 6.45) is -0.342. The number of aliphatic hydroxyl groups excluding tert-OH is 4. The summed E-state index contributed by atoms with van der Waals surface area (Å²) in [6.45, 7) is 0.887. The molecule has 2 aromatic rings. The summed E-state index contributed by atoms with van der Waals surface area (Å²) in [5.74, 6) is -0.188. The van der Waals surface area contributed by atoms with Crippen LogP contribution in [0.2, 0.25) is 0 Å². The predicted octanol–water partition coefficient (Wildman–Crippen LogP) is -1.29. The fourth-order valence-electron chi connectivity index (χ4n) is 1.92. The molecule has 0 fully saturated rings. The van der Waals surface area contributed by atoms with Crippen LogP contribution in [0.1, 0.15) is 34.9 Å². The number of hydrogen-bond acceptors (Lipinski definition) is 8. The number of amides is 1. The number of carbonyl (C=O) groups excluding carboxylic acids is 1. The molecule has 2 aromatic heterocycles. The maximum Gasteiger partial charge on any atom is 0.272 e. The Hall–Kier alpha value is -2.66. The van der Waals surface area contributed by atoms with Gasteiger partial charge in [-0.15, -0.1) is 0 Å². The van der Waals surface area contributed by atoms with Crippen molar-refractivity contribution in [2.75, 3.05) is 6.61 Å². The number of hydrazone groups is 1. The number of pyridine rings is 1. The monoisotopic (exact) mass is 349 g/mol. The fourth-order valence-corrected chi connectivity index (χ4v) is 1.92. The van der Waals surface area contributed by atoms with Gasteiger partial charge in [0.1, 0.15) is 24.0 Å². The number of rotatable bonds is 7.